The Morgan fingerprint density at radius 3 is 1.75 bits per heavy atom. The summed E-state index contributed by atoms with van der Waals surface area (Å²) in [4.78, 5) is 19.0. The Hall–Kier alpha value is -6.65. The number of nitro benzene ring substituents is 1. The van der Waals surface area contributed by atoms with Gasteiger partial charge in [0.05, 0.1) is 42.4 Å². The molecule has 22 nitrogen and oxygen atoms in total. The zero-order chi connectivity index (χ0) is 44.4. The maximum atomic E-state index is 12.4. The van der Waals surface area contributed by atoms with Gasteiger partial charge in [0.25, 0.3) is 46.2 Å². The number of aryl methyl sites for hydroxylation is 1. The molecule has 6 aromatic carbocycles. The molecule has 26 heteroatoms. The third-order valence-electron chi connectivity index (χ3n) is 8.03. The van der Waals surface area contributed by atoms with Gasteiger partial charge in [-0.2, -0.15) is 38.8 Å². The molecule has 0 atom stereocenters. The van der Waals surface area contributed by atoms with E-state index in [0.29, 0.717) is 6.07 Å². The second kappa shape index (κ2) is 16.9. The fraction of sp³-hybridized carbons (Fsp3) is 0.0294. The number of amides is 1. The molecule has 0 aliphatic heterocycles. The Morgan fingerprint density at radius 2 is 1.22 bits per heavy atom. The lowest BCUT2D eigenvalue weighted by Gasteiger charge is -2.13. The SMILES string of the molecule is Cc1cccc(S(=O)(=O)O)c1.O=CNc1cc(S(=O)(=O)O)cc2cc(S(=O)(=O)O)c(N=Nc3ccc(N=Nc4ccc([N+](=O)[O-])cc4)c4ccc(S(=O)(=O)O)cc34)c(O)c12. The Kier molecular flexibility index (Phi) is 12.5. The van der Waals surface area contributed by atoms with Crippen LogP contribution in [0.15, 0.2) is 137 Å². The number of carbonyl (C=O) groups excluding carboxylic acids is 1. The molecule has 1 amide bonds. The van der Waals surface area contributed by atoms with Crippen LogP contribution < -0.4 is 5.32 Å². The minimum absolute atomic E-state index is 0.0474. The van der Waals surface area contributed by atoms with Crippen molar-refractivity contribution in [3.05, 3.63) is 113 Å². The van der Waals surface area contributed by atoms with E-state index in [1.807, 2.05) is 0 Å². The molecular formula is C34H26N6O16S4. The Labute approximate surface area is 338 Å². The number of non-ortho nitro benzene ring substituents is 1. The van der Waals surface area contributed by atoms with Crippen molar-refractivity contribution in [1.82, 2.24) is 0 Å². The smallest absolute Gasteiger partial charge is 0.296 e. The van der Waals surface area contributed by atoms with Gasteiger partial charge in [-0.1, -0.05) is 18.2 Å². The Balaban J connectivity index is 0.000000538. The average molecular weight is 903 g/mol. The first-order valence-electron chi connectivity index (χ1n) is 16.0. The highest BCUT2D eigenvalue weighted by atomic mass is 32.2. The molecule has 0 saturated carbocycles. The van der Waals surface area contributed by atoms with Gasteiger partial charge in [-0.3, -0.25) is 33.1 Å². The molecule has 6 N–H and O–H groups in total. The summed E-state index contributed by atoms with van der Waals surface area (Å²) in [5.41, 5.74) is -0.560. The fourth-order valence-corrected chi connectivity index (χ4v) is 7.64. The number of rotatable bonds is 11. The normalized spacial score (nSPS) is 12.4. The third-order valence-corrected chi connectivity index (χ3v) is 11.4. The van der Waals surface area contributed by atoms with E-state index in [2.05, 4.69) is 25.8 Å². The fourth-order valence-electron chi connectivity index (χ4n) is 5.34. The monoisotopic (exact) mass is 902 g/mol. The van der Waals surface area contributed by atoms with Crippen molar-refractivity contribution in [2.75, 3.05) is 5.32 Å². The van der Waals surface area contributed by atoms with Gasteiger partial charge in [0, 0.05) is 28.3 Å². The van der Waals surface area contributed by atoms with Crippen molar-refractivity contribution in [2.24, 2.45) is 20.5 Å². The number of phenols is 1. The summed E-state index contributed by atoms with van der Waals surface area (Å²) < 4.78 is 131. The average Bonchev–Trinajstić information content (AvgIpc) is 3.15. The quantitative estimate of drug-likeness (QED) is 0.0251. The van der Waals surface area contributed by atoms with Crippen LogP contribution in [0.5, 0.6) is 5.75 Å². The van der Waals surface area contributed by atoms with E-state index in [1.165, 1.54) is 54.6 Å². The third kappa shape index (κ3) is 10.3. The number of hydrogen-bond donors (Lipinski definition) is 6. The molecule has 0 unspecified atom stereocenters. The second-order valence-electron chi connectivity index (χ2n) is 12.1. The van der Waals surface area contributed by atoms with Crippen LogP contribution in [-0.4, -0.2) is 68.3 Å². The Morgan fingerprint density at radius 1 is 0.633 bits per heavy atom. The molecule has 6 rings (SSSR count). The zero-order valence-electron chi connectivity index (χ0n) is 29.9. The summed E-state index contributed by atoms with van der Waals surface area (Å²) in [6.45, 7) is 1.76. The topological polar surface area (TPSA) is 359 Å². The number of anilines is 1. The molecule has 0 spiro atoms. The first-order valence-corrected chi connectivity index (χ1v) is 21.8. The molecule has 312 valence electrons. The molecule has 0 aliphatic rings. The number of aromatic hydroxyl groups is 1. The van der Waals surface area contributed by atoms with E-state index >= 15 is 0 Å². The highest BCUT2D eigenvalue weighted by Gasteiger charge is 2.26. The lowest BCUT2D eigenvalue weighted by atomic mass is 10.1. The van der Waals surface area contributed by atoms with E-state index < -0.39 is 77.2 Å². The van der Waals surface area contributed by atoms with Crippen molar-refractivity contribution in [3.63, 3.8) is 0 Å². The van der Waals surface area contributed by atoms with Gasteiger partial charge >= 0.3 is 0 Å². The van der Waals surface area contributed by atoms with E-state index in [0.717, 1.165) is 29.8 Å². The maximum Gasteiger partial charge on any atom is 0.296 e. The number of hydrogen-bond acceptors (Lipinski definition) is 16. The van der Waals surface area contributed by atoms with E-state index in [4.69, 9.17) is 4.55 Å². The van der Waals surface area contributed by atoms with Crippen molar-refractivity contribution in [2.45, 2.75) is 26.5 Å². The van der Waals surface area contributed by atoms with E-state index in [1.54, 1.807) is 19.1 Å². The Bertz CT molecular complexity index is 3250. The van der Waals surface area contributed by atoms with Crippen LogP contribution in [0.2, 0.25) is 0 Å². The lowest BCUT2D eigenvalue weighted by molar-refractivity contribution is -0.384. The first kappa shape index (κ1) is 44.5. The predicted molar refractivity (Wildman–Crippen MR) is 211 cm³/mol. The van der Waals surface area contributed by atoms with Crippen LogP contribution in [0.4, 0.5) is 34.1 Å². The van der Waals surface area contributed by atoms with Crippen LogP contribution >= 0.6 is 0 Å². The summed E-state index contributed by atoms with van der Waals surface area (Å²) in [6.07, 6.45) is 0.0966. The molecule has 0 fully saturated rings. The highest BCUT2D eigenvalue weighted by Crippen LogP contribution is 2.46. The number of benzene rings is 6. The number of nitro groups is 1. The summed E-state index contributed by atoms with van der Waals surface area (Å²) in [5, 5.41) is 39.4. The van der Waals surface area contributed by atoms with Crippen LogP contribution in [0.3, 0.4) is 0 Å². The van der Waals surface area contributed by atoms with Crippen molar-refractivity contribution in [1.29, 1.82) is 0 Å². The maximum absolute atomic E-state index is 12.4. The van der Waals surface area contributed by atoms with Gasteiger partial charge in [-0.15, -0.1) is 15.3 Å². The number of nitrogens with zero attached hydrogens (tertiary/aromatic N) is 5. The van der Waals surface area contributed by atoms with Gasteiger partial charge in [-0.25, -0.2) is 0 Å². The molecule has 6 aromatic rings. The number of azo groups is 2. The number of nitrogens with one attached hydrogen (secondary N) is 1. The largest absolute Gasteiger partial charge is 0.505 e. The van der Waals surface area contributed by atoms with Gasteiger partial charge in [0.1, 0.15) is 10.6 Å². The standard InChI is InChI=1S/C27H18N6O13S3.C7H8O3S/c34-13-28-23-12-18(48(41,42)43)9-14-10-24(49(44,45)46)26(27(35)25(14)23)32-31-22-8-7-21(19-6-5-17(11-20(19)22)47(38,39)40)30-29-15-1-3-16(4-2-15)33(36)37;1-6-3-2-4-7(5-6)11(8,9)10/h1-13,35H,(H,28,34)(H,38,39,40)(H,41,42,43)(H,44,45,46);2-5H,1H3,(H,8,9,10). The molecule has 0 heterocycles. The van der Waals surface area contributed by atoms with Gasteiger partial charge in [0.2, 0.25) is 6.41 Å². The molecule has 0 radical (unpaired) electrons. The molecule has 0 aromatic heterocycles. The highest BCUT2D eigenvalue weighted by molar-refractivity contribution is 7.86. The predicted octanol–water partition coefficient (Wildman–Crippen LogP) is 6.99. The molecule has 0 saturated heterocycles. The van der Waals surface area contributed by atoms with Crippen LogP contribution in [-0.2, 0) is 45.3 Å². The van der Waals surface area contributed by atoms with Crippen LogP contribution in [0, 0.1) is 17.0 Å². The molecule has 60 heavy (non-hydrogen) atoms. The van der Waals surface area contributed by atoms with Gasteiger partial charge < -0.3 is 10.4 Å². The van der Waals surface area contributed by atoms with Gasteiger partial charge in [-0.05, 0) is 84.6 Å². The zero-order valence-corrected chi connectivity index (χ0v) is 33.2. The van der Waals surface area contributed by atoms with Crippen LogP contribution in [0.25, 0.3) is 21.5 Å². The number of fused-ring (bicyclic) bond motifs is 2. The van der Waals surface area contributed by atoms with Gasteiger partial charge in [0.15, 0.2) is 5.75 Å². The number of phenolic OH excluding ortho intramolecular Hbond substituents is 1. The molecular weight excluding hydrogens is 877 g/mol. The van der Waals surface area contributed by atoms with Crippen molar-refractivity contribution < 1.29 is 66.7 Å². The number of carbonyl (C=O) groups is 1. The second-order valence-corrected chi connectivity index (χ2v) is 17.8. The summed E-state index contributed by atoms with van der Waals surface area (Å²) in [7, 11) is -18.9. The summed E-state index contributed by atoms with van der Waals surface area (Å²) in [6, 6.07) is 19.2. The first-order chi connectivity index (χ1) is 27.9. The molecule has 0 aliphatic carbocycles. The van der Waals surface area contributed by atoms with Crippen molar-refractivity contribution in [3.8, 4) is 5.75 Å². The summed E-state index contributed by atoms with van der Waals surface area (Å²) in [5.74, 6) is -1.02. The minimum Gasteiger partial charge on any atom is -0.505 e. The minimum atomic E-state index is -5.23. The molecule has 0 bridgehead atoms. The van der Waals surface area contributed by atoms with Crippen LogP contribution in [0.1, 0.15) is 5.56 Å². The van der Waals surface area contributed by atoms with E-state index in [-0.39, 0.29) is 55.6 Å². The lowest BCUT2D eigenvalue weighted by Crippen LogP contribution is -2.04. The summed E-state index contributed by atoms with van der Waals surface area (Å²) >= 11 is 0. The van der Waals surface area contributed by atoms with E-state index in [9.17, 15) is 67.3 Å². The van der Waals surface area contributed by atoms with Crippen molar-refractivity contribution >= 4 is 103 Å².